The number of benzene rings is 2. The van der Waals surface area contributed by atoms with Crippen LogP contribution >= 0.6 is 0 Å². The fourth-order valence-corrected chi connectivity index (χ4v) is 4.06. The molecule has 0 spiro atoms. The van der Waals surface area contributed by atoms with E-state index >= 15 is 0 Å². The lowest BCUT2D eigenvalue weighted by Crippen LogP contribution is -2.37. The molecule has 6 heteroatoms. The predicted octanol–water partition coefficient (Wildman–Crippen LogP) is 4.06. The van der Waals surface area contributed by atoms with Crippen molar-refractivity contribution in [2.75, 3.05) is 19.9 Å². The Hall–Kier alpha value is -3.02. The van der Waals surface area contributed by atoms with Gasteiger partial charge in [-0.05, 0) is 60.7 Å². The lowest BCUT2D eigenvalue weighted by atomic mass is 9.89. The number of likely N-dealkylation sites (tertiary alicyclic amines) is 1. The Kier molecular flexibility index (Phi) is 3.77. The van der Waals surface area contributed by atoms with Gasteiger partial charge in [0.2, 0.25) is 6.79 Å². The van der Waals surface area contributed by atoms with E-state index in [2.05, 4.69) is 4.98 Å². The quantitative estimate of drug-likeness (QED) is 0.744. The minimum atomic E-state index is -0.223. The van der Waals surface area contributed by atoms with Gasteiger partial charge in [0.1, 0.15) is 5.82 Å². The van der Waals surface area contributed by atoms with Crippen LogP contribution in [-0.4, -0.2) is 35.7 Å². The van der Waals surface area contributed by atoms with Gasteiger partial charge in [-0.1, -0.05) is 0 Å². The molecular weight excluding hydrogens is 347 g/mol. The zero-order valence-corrected chi connectivity index (χ0v) is 14.7. The molecule has 2 aromatic carbocycles. The Morgan fingerprint density at radius 2 is 1.89 bits per heavy atom. The van der Waals surface area contributed by atoms with E-state index in [9.17, 15) is 9.18 Å². The second-order valence-electron chi connectivity index (χ2n) is 7.07. The van der Waals surface area contributed by atoms with Crippen LogP contribution < -0.4 is 9.47 Å². The lowest BCUT2D eigenvalue weighted by molar-refractivity contribution is 0.0713. The minimum Gasteiger partial charge on any atom is -0.454 e. The number of carbonyl (C=O) groups is 1. The van der Waals surface area contributed by atoms with Crippen LogP contribution in [0.15, 0.2) is 42.6 Å². The number of carbonyl (C=O) groups excluding carboxylic acids is 1. The Morgan fingerprint density at radius 3 is 2.74 bits per heavy atom. The highest BCUT2D eigenvalue weighted by atomic mass is 19.1. The number of amides is 1. The van der Waals surface area contributed by atoms with Crippen molar-refractivity contribution in [2.24, 2.45) is 0 Å². The summed E-state index contributed by atoms with van der Waals surface area (Å²) >= 11 is 0. The van der Waals surface area contributed by atoms with Crippen LogP contribution in [-0.2, 0) is 0 Å². The summed E-state index contributed by atoms with van der Waals surface area (Å²) in [5, 5.41) is 0.940. The predicted molar refractivity (Wildman–Crippen MR) is 98.7 cm³/mol. The van der Waals surface area contributed by atoms with Gasteiger partial charge in [-0.3, -0.25) is 4.79 Å². The van der Waals surface area contributed by atoms with Gasteiger partial charge < -0.3 is 19.4 Å². The van der Waals surface area contributed by atoms with E-state index in [0.29, 0.717) is 36.1 Å². The number of hydrogen-bond acceptors (Lipinski definition) is 3. The Balaban J connectivity index is 1.31. The molecule has 5 rings (SSSR count). The molecule has 0 saturated carbocycles. The third kappa shape index (κ3) is 2.81. The van der Waals surface area contributed by atoms with Gasteiger partial charge in [0.25, 0.3) is 5.91 Å². The zero-order valence-electron chi connectivity index (χ0n) is 14.7. The molecule has 1 fully saturated rings. The van der Waals surface area contributed by atoms with Crippen LogP contribution in [0.3, 0.4) is 0 Å². The number of piperidine rings is 1. The van der Waals surface area contributed by atoms with Gasteiger partial charge in [-0.15, -0.1) is 0 Å². The SMILES string of the molecule is O=C(c1ccc2c(c1)OCO2)N1CCC(c2c[nH]c3ccc(F)cc23)CC1. The molecule has 2 aliphatic rings. The molecule has 0 bridgehead atoms. The molecule has 5 nitrogen and oxygen atoms in total. The molecule has 3 aromatic rings. The van der Waals surface area contributed by atoms with Gasteiger partial charge in [0, 0.05) is 35.8 Å². The maximum atomic E-state index is 13.6. The van der Waals surface area contributed by atoms with E-state index in [4.69, 9.17) is 9.47 Å². The molecule has 3 heterocycles. The summed E-state index contributed by atoms with van der Waals surface area (Å²) in [6.45, 7) is 1.56. The van der Waals surface area contributed by atoms with E-state index < -0.39 is 0 Å². The van der Waals surface area contributed by atoms with Gasteiger partial charge in [-0.2, -0.15) is 0 Å². The first kappa shape index (κ1) is 16.2. The summed E-state index contributed by atoms with van der Waals surface area (Å²) in [5.41, 5.74) is 2.71. The number of nitrogens with one attached hydrogen (secondary N) is 1. The molecule has 1 saturated heterocycles. The first-order chi connectivity index (χ1) is 13.2. The maximum absolute atomic E-state index is 13.6. The number of hydrogen-bond donors (Lipinski definition) is 1. The highest BCUT2D eigenvalue weighted by Crippen LogP contribution is 2.35. The van der Waals surface area contributed by atoms with Crippen LogP contribution in [0.1, 0.15) is 34.7 Å². The number of halogens is 1. The summed E-state index contributed by atoms with van der Waals surface area (Å²) in [6, 6.07) is 10.1. The van der Waals surface area contributed by atoms with Crippen LogP contribution in [0.4, 0.5) is 4.39 Å². The standard InChI is InChI=1S/C21H19FN2O3/c22-15-2-3-18-16(10-15)17(11-23-18)13-5-7-24(8-6-13)21(25)14-1-4-19-20(9-14)27-12-26-19/h1-4,9-11,13,23H,5-8,12H2. The van der Waals surface area contributed by atoms with E-state index in [1.807, 2.05) is 11.1 Å². The number of aromatic amines is 1. The monoisotopic (exact) mass is 366 g/mol. The second kappa shape index (κ2) is 6.30. The summed E-state index contributed by atoms with van der Waals surface area (Å²) < 4.78 is 24.3. The Morgan fingerprint density at radius 1 is 1.07 bits per heavy atom. The fourth-order valence-electron chi connectivity index (χ4n) is 4.06. The van der Waals surface area contributed by atoms with Crippen LogP contribution in [0.25, 0.3) is 10.9 Å². The molecule has 0 unspecified atom stereocenters. The molecule has 138 valence electrons. The Bertz CT molecular complexity index is 1020. The van der Waals surface area contributed by atoms with Gasteiger partial charge >= 0.3 is 0 Å². The number of nitrogens with zero attached hydrogens (tertiary/aromatic N) is 1. The van der Waals surface area contributed by atoms with E-state index in [0.717, 1.165) is 29.3 Å². The fraction of sp³-hybridized carbons (Fsp3) is 0.286. The lowest BCUT2D eigenvalue weighted by Gasteiger charge is -2.32. The summed E-state index contributed by atoms with van der Waals surface area (Å²) in [7, 11) is 0. The first-order valence-electron chi connectivity index (χ1n) is 9.14. The number of aromatic nitrogens is 1. The van der Waals surface area contributed by atoms with Crippen molar-refractivity contribution >= 4 is 16.8 Å². The van der Waals surface area contributed by atoms with Crippen LogP contribution in [0.2, 0.25) is 0 Å². The molecule has 0 atom stereocenters. The average molecular weight is 366 g/mol. The number of H-pyrrole nitrogens is 1. The zero-order chi connectivity index (χ0) is 18.4. The normalized spacial score (nSPS) is 16.9. The topological polar surface area (TPSA) is 54.6 Å². The van der Waals surface area contributed by atoms with Crippen molar-refractivity contribution in [3.63, 3.8) is 0 Å². The minimum absolute atomic E-state index is 0.0109. The summed E-state index contributed by atoms with van der Waals surface area (Å²) in [6.07, 6.45) is 3.70. The molecule has 1 N–H and O–H groups in total. The van der Waals surface area contributed by atoms with Crippen molar-refractivity contribution in [2.45, 2.75) is 18.8 Å². The van der Waals surface area contributed by atoms with Gasteiger partial charge in [0.05, 0.1) is 0 Å². The largest absolute Gasteiger partial charge is 0.454 e. The van der Waals surface area contributed by atoms with Crippen LogP contribution in [0.5, 0.6) is 11.5 Å². The first-order valence-corrected chi connectivity index (χ1v) is 9.14. The molecule has 27 heavy (non-hydrogen) atoms. The van der Waals surface area contributed by atoms with Crippen molar-refractivity contribution < 1.29 is 18.7 Å². The highest BCUT2D eigenvalue weighted by molar-refractivity contribution is 5.95. The summed E-state index contributed by atoms with van der Waals surface area (Å²) in [5.74, 6) is 1.41. The average Bonchev–Trinajstić information content (AvgIpc) is 3.33. The van der Waals surface area contributed by atoms with E-state index in [-0.39, 0.29) is 18.5 Å². The number of fused-ring (bicyclic) bond motifs is 2. The number of rotatable bonds is 2. The van der Waals surface area contributed by atoms with Crippen LogP contribution in [0, 0.1) is 5.82 Å². The third-order valence-electron chi connectivity index (χ3n) is 5.52. The van der Waals surface area contributed by atoms with Crippen molar-refractivity contribution in [3.05, 3.63) is 59.5 Å². The van der Waals surface area contributed by atoms with Crippen molar-refractivity contribution in [3.8, 4) is 11.5 Å². The number of ether oxygens (including phenoxy) is 2. The van der Waals surface area contributed by atoms with Gasteiger partial charge in [-0.25, -0.2) is 4.39 Å². The van der Waals surface area contributed by atoms with Gasteiger partial charge in [0.15, 0.2) is 11.5 Å². The third-order valence-corrected chi connectivity index (χ3v) is 5.52. The maximum Gasteiger partial charge on any atom is 0.253 e. The molecule has 0 radical (unpaired) electrons. The van der Waals surface area contributed by atoms with Crippen molar-refractivity contribution in [1.82, 2.24) is 9.88 Å². The van der Waals surface area contributed by atoms with E-state index in [1.54, 1.807) is 30.3 Å². The smallest absolute Gasteiger partial charge is 0.253 e. The highest BCUT2D eigenvalue weighted by Gasteiger charge is 2.27. The summed E-state index contributed by atoms with van der Waals surface area (Å²) in [4.78, 5) is 17.9. The molecule has 2 aliphatic heterocycles. The molecule has 0 aliphatic carbocycles. The van der Waals surface area contributed by atoms with Crippen molar-refractivity contribution in [1.29, 1.82) is 0 Å². The molecule has 1 amide bonds. The Labute approximate surface area is 155 Å². The molecular formula is C21H19FN2O3. The van der Waals surface area contributed by atoms with E-state index in [1.165, 1.54) is 6.07 Å². The molecule has 1 aromatic heterocycles. The second-order valence-corrected chi connectivity index (χ2v) is 7.07.